The summed E-state index contributed by atoms with van der Waals surface area (Å²) in [6.45, 7) is 16.2. The van der Waals surface area contributed by atoms with Crippen molar-refractivity contribution in [1.82, 2.24) is 20.4 Å². The summed E-state index contributed by atoms with van der Waals surface area (Å²) in [7, 11) is -5.08. The SMILES string of the molecule is CCO[Si](CCCN)(OCC)OCC.CCO[Si](CCCNC(=O)CCN1C(=O)C=CC1=O)(OCC)OCC.O=C(O)CCN1C(=O)C=CC1=O.O=C1CCC(=O)N1. The summed E-state index contributed by atoms with van der Waals surface area (Å²) in [4.78, 5) is 88.6. The minimum absolute atomic E-state index is 0.0556. The molecule has 3 rings (SSSR count). The molecule has 5 N–H and O–H groups in total. The van der Waals surface area contributed by atoms with E-state index in [4.69, 9.17) is 37.4 Å². The third-order valence-electron chi connectivity index (χ3n) is 7.63. The van der Waals surface area contributed by atoms with Gasteiger partial charge >= 0.3 is 23.6 Å². The highest BCUT2D eigenvalue weighted by molar-refractivity contribution is 6.61. The van der Waals surface area contributed by atoms with Gasteiger partial charge in [-0.1, -0.05) is 0 Å². The Morgan fingerprint density at radius 3 is 1.28 bits per heavy atom. The van der Waals surface area contributed by atoms with Crippen molar-refractivity contribution in [3.63, 3.8) is 0 Å². The van der Waals surface area contributed by atoms with Crippen molar-refractivity contribution in [3.05, 3.63) is 24.3 Å². The van der Waals surface area contributed by atoms with Crippen LogP contribution in [0.3, 0.4) is 0 Å². The molecule has 330 valence electrons. The number of hydrogen-bond donors (Lipinski definition) is 4. The standard InChI is InChI=1S/C16H28N2O6Si.C9H23NO3Si.C7H7NO4.C4H5NO2/c1-4-22-25(23-5-2,24-6-3)13-7-11-17-14(19)10-12-18-15(20)8-9-16(18)21;1-4-11-14(12-5-2,13-6-3)9-7-8-10;9-5-1-2-6(10)8(5)4-3-7(11)12;6-3-1-2-4(7)5-3/h8-9H,4-7,10-13H2,1-3H3,(H,17,19);4-10H2,1-3H3;1-2H,3-4H2,(H,11,12);1-2H2,(H,5,6,7). The van der Waals surface area contributed by atoms with Crippen LogP contribution in [0.25, 0.3) is 0 Å². The first-order valence-electron chi connectivity index (χ1n) is 19.5. The number of nitrogens with zero attached hydrogens (tertiary/aromatic N) is 2. The first kappa shape index (κ1) is 54.0. The molecule has 0 radical (unpaired) electrons. The average molecular weight is 862 g/mol. The average Bonchev–Trinajstić information content (AvgIpc) is 3.83. The number of aliphatic carboxylic acids is 1. The fourth-order valence-electron chi connectivity index (χ4n) is 5.17. The summed E-state index contributed by atoms with van der Waals surface area (Å²) in [6, 6.07) is 1.44. The van der Waals surface area contributed by atoms with Crippen LogP contribution >= 0.6 is 0 Å². The van der Waals surface area contributed by atoms with Crippen molar-refractivity contribution in [2.24, 2.45) is 5.73 Å². The number of rotatable bonds is 25. The van der Waals surface area contributed by atoms with Crippen LogP contribution in [0, 0.1) is 0 Å². The Labute approximate surface area is 342 Å². The van der Waals surface area contributed by atoms with E-state index < -0.39 is 35.4 Å². The van der Waals surface area contributed by atoms with Crippen LogP contribution in [-0.4, -0.2) is 146 Å². The first-order valence-corrected chi connectivity index (χ1v) is 23.4. The molecule has 0 spiro atoms. The third-order valence-corrected chi connectivity index (χ3v) is 13.9. The normalized spacial score (nSPS) is 14.8. The summed E-state index contributed by atoms with van der Waals surface area (Å²) in [6.07, 6.45) is 6.86. The second kappa shape index (κ2) is 31.0. The van der Waals surface area contributed by atoms with E-state index in [0.29, 0.717) is 78.0 Å². The Bertz CT molecular complexity index is 1310. The molecule has 3 aliphatic heterocycles. The summed E-state index contributed by atoms with van der Waals surface area (Å²) < 4.78 is 34.2. The van der Waals surface area contributed by atoms with E-state index in [-0.39, 0.29) is 55.5 Å². The second-order valence-corrected chi connectivity index (χ2v) is 17.5. The lowest BCUT2D eigenvalue weighted by Gasteiger charge is -2.28. The lowest BCUT2D eigenvalue weighted by Crippen LogP contribution is -2.46. The van der Waals surface area contributed by atoms with Gasteiger partial charge in [0.1, 0.15) is 0 Å². The van der Waals surface area contributed by atoms with Crippen LogP contribution in [0.2, 0.25) is 12.1 Å². The Morgan fingerprint density at radius 1 is 0.638 bits per heavy atom. The molecule has 0 atom stereocenters. The van der Waals surface area contributed by atoms with Gasteiger partial charge in [0.2, 0.25) is 17.7 Å². The van der Waals surface area contributed by atoms with Crippen molar-refractivity contribution in [3.8, 4) is 0 Å². The van der Waals surface area contributed by atoms with Gasteiger partial charge in [-0.05, 0) is 60.9 Å². The zero-order valence-electron chi connectivity index (χ0n) is 34.7. The highest BCUT2D eigenvalue weighted by atomic mass is 28.4. The van der Waals surface area contributed by atoms with E-state index in [1.165, 1.54) is 12.2 Å². The molecule has 7 amide bonds. The molecule has 0 aliphatic carbocycles. The molecular formula is C36H63N5O15Si2. The van der Waals surface area contributed by atoms with Gasteiger partial charge in [-0.2, -0.15) is 0 Å². The van der Waals surface area contributed by atoms with Crippen LogP contribution < -0.4 is 16.4 Å². The molecule has 0 saturated carbocycles. The van der Waals surface area contributed by atoms with E-state index in [1.54, 1.807) is 0 Å². The number of hydrogen-bond acceptors (Lipinski definition) is 15. The number of carboxylic acids is 1. The zero-order chi connectivity index (χ0) is 44.0. The Morgan fingerprint density at radius 2 is 0.983 bits per heavy atom. The van der Waals surface area contributed by atoms with Crippen molar-refractivity contribution >= 4 is 64.9 Å². The highest BCUT2D eigenvalue weighted by Gasteiger charge is 2.40. The van der Waals surface area contributed by atoms with E-state index >= 15 is 0 Å². The maximum absolute atomic E-state index is 11.9. The van der Waals surface area contributed by atoms with Gasteiger partial charge in [0, 0.05) is 115 Å². The van der Waals surface area contributed by atoms with Gasteiger partial charge in [0.05, 0.1) is 6.42 Å². The van der Waals surface area contributed by atoms with Crippen LogP contribution in [0.4, 0.5) is 0 Å². The summed E-state index contributed by atoms with van der Waals surface area (Å²) in [5.74, 6) is -3.17. The highest BCUT2D eigenvalue weighted by Crippen LogP contribution is 2.19. The van der Waals surface area contributed by atoms with E-state index in [0.717, 1.165) is 34.4 Å². The topological polar surface area (TPSA) is 269 Å². The van der Waals surface area contributed by atoms with E-state index in [2.05, 4.69) is 10.6 Å². The van der Waals surface area contributed by atoms with Crippen molar-refractivity contribution in [1.29, 1.82) is 0 Å². The van der Waals surface area contributed by atoms with Gasteiger partial charge in [-0.15, -0.1) is 0 Å². The molecule has 3 aliphatic rings. The maximum atomic E-state index is 11.9. The molecule has 3 heterocycles. The van der Waals surface area contributed by atoms with Crippen LogP contribution in [-0.2, 0) is 64.9 Å². The Balaban J connectivity index is 0.000000827. The predicted octanol–water partition coefficient (Wildman–Crippen LogP) is 1.05. The Kier molecular flexibility index (Phi) is 28.8. The van der Waals surface area contributed by atoms with Gasteiger partial charge < -0.3 is 42.7 Å². The molecule has 22 heteroatoms. The quantitative estimate of drug-likeness (QED) is 0.0568. The minimum Gasteiger partial charge on any atom is -0.481 e. The van der Waals surface area contributed by atoms with E-state index in [1.807, 2.05) is 41.5 Å². The zero-order valence-corrected chi connectivity index (χ0v) is 36.7. The first-order chi connectivity index (χ1) is 27.6. The predicted molar refractivity (Wildman–Crippen MR) is 213 cm³/mol. The molecule has 0 aromatic carbocycles. The van der Waals surface area contributed by atoms with Crippen LogP contribution in [0.5, 0.6) is 0 Å². The molecule has 20 nitrogen and oxygen atoms in total. The van der Waals surface area contributed by atoms with Gasteiger partial charge in [-0.25, -0.2) is 0 Å². The second-order valence-electron chi connectivity index (χ2n) is 12.0. The molecule has 0 aromatic heterocycles. The lowest BCUT2D eigenvalue weighted by molar-refractivity contribution is -0.141. The molecule has 0 unspecified atom stereocenters. The van der Waals surface area contributed by atoms with E-state index in [9.17, 15) is 38.4 Å². The van der Waals surface area contributed by atoms with Gasteiger partial charge in [0.25, 0.3) is 23.6 Å². The van der Waals surface area contributed by atoms with Crippen molar-refractivity contribution in [2.75, 3.05) is 65.8 Å². The molecule has 1 fully saturated rings. The smallest absolute Gasteiger partial charge is 0.481 e. The number of carbonyl (C=O) groups excluding carboxylic acids is 7. The number of imide groups is 3. The fourth-order valence-corrected chi connectivity index (χ4v) is 10.4. The fraction of sp³-hybridized carbons (Fsp3) is 0.667. The lowest BCUT2D eigenvalue weighted by atomic mass is 10.3. The summed E-state index contributed by atoms with van der Waals surface area (Å²) >= 11 is 0. The number of nitrogens with two attached hydrogens (primary N) is 1. The van der Waals surface area contributed by atoms with Gasteiger partial charge in [-0.3, -0.25) is 53.5 Å². The molecule has 0 bridgehead atoms. The molecular weight excluding hydrogens is 799 g/mol. The number of carboxylic acid groups (broad SMARTS) is 1. The van der Waals surface area contributed by atoms with Crippen molar-refractivity contribution in [2.45, 2.75) is 92.2 Å². The monoisotopic (exact) mass is 861 g/mol. The van der Waals surface area contributed by atoms with Crippen LogP contribution in [0.1, 0.15) is 80.1 Å². The summed E-state index contributed by atoms with van der Waals surface area (Å²) in [5, 5.41) is 13.2. The van der Waals surface area contributed by atoms with Crippen molar-refractivity contribution < 1.29 is 70.0 Å². The molecule has 0 aromatic rings. The molecule has 1 saturated heterocycles. The molecule has 58 heavy (non-hydrogen) atoms. The largest absolute Gasteiger partial charge is 0.500 e. The third kappa shape index (κ3) is 22.2. The number of nitrogens with one attached hydrogen (secondary N) is 2. The van der Waals surface area contributed by atoms with Crippen LogP contribution in [0.15, 0.2) is 24.3 Å². The van der Waals surface area contributed by atoms with Gasteiger partial charge in [0.15, 0.2) is 0 Å². The summed E-state index contributed by atoms with van der Waals surface area (Å²) in [5.41, 5.74) is 5.48. The minimum atomic E-state index is -2.68. The number of amides is 7. The Hall–Kier alpha value is -4.01. The maximum Gasteiger partial charge on any atom is 0.500 e. The number of carbonyl (C=O) groups is 8.